The molecule has 4 nitrogen and oxygen atoms in total. The van der Waals surface area contributed by atoms with E-state index >= 15 is 0 Å². The van der Waals surface area contributed by atoms with Crippen molar-refractivity contribution in [2.45, 2.75) is 25.7 Å². The molecule has 0 aliphatic rings. The molecule has 0 atom stereocenters. The standard InChI is InChI=1S/C17H18N2O2S2/c1-11-5-7-14(8-6-11)23(20,21)18-17-19(4)16-13(3)9-12(2)10-15(16)22-17/h5-10H,1-4H3. The number of fused-ring (bicyclic) bond motifs is 1. The number of rotatable bonds is 2. The third kappa shape index (κ3) is 2.96. The van der Waals surface area contributed by atoms with Crippen molar-refractivity contribution in [2.75, 3.05) is 0 Å². The number of sulfonamides is 1. The van der Waals surface area contributed by atoms with E-state index in [-0.39, 0.29) is 4.90 Å². The lowest BCUT2D eigenvalue weighted by molar-refractivity contribution is 0.596. The molecule has 0 spiro atoms. The zero-order chi connectivity index (χ0) is 16.8. The van der Waals surface area contributed by atoms with Crippen LogP contribution in [0.25, 0.3) is 10.2 Å². The maximum absolute atomic E-state index is 12.5. The van der Waals surface area contributed by atoms with Gasteiger partial charge in [0.05, 0.1) is 15.1 Å². The van der Waals surface area contributed by atoms with Crippen LogP contribution in [0.1, 0.15) is 16.7 Å². The van der Waals surface area contributed by atoms with Crippen molar-refractivity contribution in [3.05, 3.63) is 57.9 Å². The molecule has 0 amide bonds. The van der Waals surface area contributed by atoms with E-state index < -0.39 is 10.0 Å². The van der Waals surface area contributed by atoms with Crippen molar-refractivity contribution in [1.82, 2.24) is 4.57 Å². The smallest absolute Gasteiger partial charge is 0.285 e. The molecule has 0 radical (unpaired) electrons. The molecule has 2 aromatic carbocycles. The zero-order valence-corrected chi connectivity index (χ0v) is 15.1. The summed E-state index contributed by atoms with van der Waals surface area (Å²) in [6, 6.07) is 10.9. The Morgan fingerprint density at radius 2 is 1.65 bits per heavy atom. The predicted molar refractivity (Wildman–Crippen MR) is 94.2 cm³/mol. The first-order chi connectivity index (χ1) is 10.8. The van der Waals surface area contributed by atoms with Crippen LogP contribution in [-0.4, -0.2) is 13.0 Å². The SMILES string of the molecule is Cc1ccc(S(=O)(=O)N=c2sc3cc(C)cc(C)c3n2C)cc1. The quantitative estimate of drug-likeness (QED) is 0.713. The molecule has 3 aromatic rings. The highest BCUT2D eigenvalue weighted by Gasteiger charge is 2.14. The van der Waals surface area contributed by atoms with Gasteiger partial charge in [-0.05, 0) is 50.1 Å². The first kappa shape index (κ1) is 16.0. The summed E-state index contributed by atoms with van der Waals surface area (Å²) in [5.74, 6) is 0. The molecule has 0 fully saturated rings. The molecular formula is C17H18N2O2S2. The van der Waals surface area contributed by atoms with Gasteiger partial charge in [-0.2, -0.15) is 8.42 Å². The lowest BCUT2D eigenvalue weighted by Crippen LogP contribution is -2.14. The van der Waals surface area contributed by atoms with Gasteiger partial charge in [0.25, 0.3) is 10.0 Å². The molecule has 0 aliphatic heterocycles. The molecule has 120 valence electrons. The highest BCUT2D eigenvalue weighted by Crippen LogP contribution is 2.23. The maximum Gasteiger partial charge on any atom is 0.285 e. The fourth-order valence-corrected chi connectivity index (χ4v) is 5.06. The molecule has 3 rings (SSSR count). The van der Waals surface area contributed by atoms with Crippen molar-refractivity contribution >= 4 is 31.6 Å². The molecule has 0 bridgehead atoms. The molecule has 0 N–H and O–H groups in total. The summed E-state index contributed by atoms with van der Waals surface area (Å²) >= 11 is 1.39. The van der Waals surface area contributed by atoms with Crippen molar-refractivity contribution < 1.29 is 8.42 Å². The Hall–Kier alpha value is -1.92. The molecule has 23 heavy (non-hydrogen) atoms. The summed E-state index contributed by atoms with van der Waals surface area (Å²) in [4.78, 5) is 0.697. The van der Waals surface area contributed by atoms with Gasteiger partial charge in [0.15, 0.2) is 0 Å². The normalized spacial score (nSPS) is 13.0. The summed E-state index contributed by atoms with van der Waals surface area (Å²) in [6.07, 6.45) is 0. The van der Waals surface area contributed by atoms with E-state index in [9.17, 15) is 8.42 Å². The number of nitrogens with zero attached hydrogens (tertiary/aromatic N) is 2. The molecule has 0 unspecified atom stereocenters. The van der Waals surface area contributed by atoms with E-state index in [1.165, 1.54) is 11.3 Å². The van der Waals surface area contributed by atoms with Gasteiger partial charge in [-0.3, -0.25) is 0 Å². The highest BCUT2D eigenvalue weighted by molar-refractivity contribution is 7.90. The Morgan fingerprint density at radius 3 is 2.30 bits per heavy atom. The maximum atomic E-state index is 12.5. The molecular weight excluding hydrogens is 328 g/mol. The first-order valence-corrected chi connectivity index (χ1v) is 9.48. The van der Waals surface area contributed by atoms with Crippen LogP contribution in [0.2, 0.25) is 0 Å². The van der Waals surface area contributed by atoms with E-state index in [0.29, 0.717) is 4.80 Å². The Morgan fingerprint density at radius 1 is 1.00 bits per heavy atom. The van der Waals surface area contributed by atoms with E-state index in [4.69, 9.17) is 0 Å². The number of thiazole rings is 1. The topological polar surface area (TPSA) is 51.4 Å². The van der Waals surface area contributed by atoms with Crippen LogP contribution in [0, 0.1) is 20.8 Å². The van der Waals surface area contributed by atoms with Gasteiger partial charge in [-0.15, -0.1) is 4.40 Å². The monoisotopic (exact) mass is 346 g/mol. The number of aryl methyl sites for hydroxylation is 4. The van der Waals surface area contributed by atoms with Gasteiger partial charge in [0, 0.05) is 7.05 Å². The van der Waals surface area contributed by atoms with Gasteiger partial charge < -0.3 is 4.57 Å². The molecule has 1 aromatic heterocycles. The van der Waals surface area contributed by atoms with Gasteiger partial charge in [0.1, 0.15) is 0 Å². The van der Waals surface area contributed by atoms with E-state index in [1.54, 1.807) is 24.3 Å². The zero-order valence-electron chi connectivity index (χ0n) is 13.5. The molecule has 6 heteroatoms. The molecule has 0 aliphatic carbocycles. The predicted octanol–water partition coefficient (Wildman–Crippen LogP) is 3.45. The fraction of sp³-hybridized carbons (Fsp3) is 0.235. The summed E-state index contributed by atoms with van der Waals surface area (Å²) < 4.78 is 32.0. The second-order valence-corrected chi connectivity index (χ2v) is 8.36. The Kier molecular flexibility index (Phi) is 3.90. The van der Waals surface area contributed by atoms with Crippen molar-refractivity contribution in [1.29, 1.82) is 0 Å². The number of benzene rings is 2. The van der Waals surface area contributed by atoms with Crippen molar-refractivity contribution in [3.63, 3.8) is 0 Å². The van der Waals surface area contributed by atoms with Gasteiger partial charge >= 0.3 is 0 Å². The van der Waals surface area contributed by atoms with Crippen molar-refractivity contribution in [3.8, 4) is 0 Å². The minimum absolute atomic E-state index is 0.216. The summed E-state index contributed by atoms with van der Waals surface area (Å²) in [5.41, 5.74) is 4.32. The minimum atomic E-state index is -3.71. The van der Waals surface area contributed by atoms with Crippen LogP contribution in [0.4, 0.5) is 0 Å². The fourth-order valence-electron chi connectivity index (χ4n) is 2.64. The van der Waals surface area contributed by atoms with Crippen LogP contribution in [0.15, 0.2) is 45.7 Å². The average Bonchev–Trinajstić information content (AvgIpc) is 2.75. The third-order valence-corrected chi connectivity index (χ3v) is 6.23. The van der Waals surface area contributed by atoms with Crippen LogP contribution < -0.4 is 4.80 Å². The minimum Gasteiger partial charge on any atom is -0.319 e. The van der Waals surface area contributed by atoms with Gasteiger partial charge in [-0.1, -0.05) is 35.1 Å². The molecule has 0 saturated carbocycles. The second-order valence-electron chi connectivity index (χ2n) is 5.75. The Labute approximate surface area is 139 Å². The van der Waals surface area contributed by atoms with Crippen LogP contribution in [-0.2, 0) is 17.1 Å². The molecule has 1 heterocycles. The number of hydrogen-bond acceptors (Lipinski definition) is 3. The second kappa shape index (κ2) is 5.62. The molecule has 0 saturated heterocycles. The average molecular weight is 346 g/mol. The number of aromatic nitrogens is 1. The van der Waals surface area contributed by atoms with Crippen LogP contribution in [0.3, 0.4) is 0 Å². The first-order valence-electron chi connectivity index (χ1n) is 7.22. The van der Waals surface area contributed by atoms with Gasteiger partial charge in [-0.25, -0.2) is 0 Å². The Bertz CT molecular complexity index is 1060. The third-order valence-electron chi connectivity index (χ3n) is 3.75. The van der Waals surface area contributed by atoms with Gasteiger partial charge in [0.2, 0.25) is 4.80 Å². The van der Waals surface area contributed by atoms with Crippen LogP contribution in [0.5, 0.6) is 0 Å². The summed E-state index contributed by atoms with van der Waals surface area (Å²) in [6.45, 7) is 5.98. The summed E-state index contributed by atoms with van der Waals surface area (Å²) in [5, 5.41) is 0. The van der Waals surface area contributed by atoms with Crippen LogP contribution >= 0.6 is 11.3 Å². The van der Waals surface area contributed by atoms with E-state index in [1.807, 2.05) is 32.4 Å². The Balaban J connectivity index is 2.23. The van der Waals surface area contributed by atoms with E-state index in [2.05, 4.69) is 16.5 Å². The number of hydrogen-bond donors (Lipinski definition) is 0. The lowest BCUT2D eigenvalue weighted by atomic mass is 10.1. The highest BCUT2D eigenvalue weighted by atomic mass is 32.2. The largest absolute Gasteiger partial charge is 0.319 e. The summed E-state index contributed by atoms with van der Waals surface area (Å²) in [7, 11) is -1.86. The lowest BCUT2D eigenvalue weighted by Gasteiger charge is -2.02. The van der Waals surface area contributed by atoms with Crippen molar-refractivity contribution in [2.24, 2.45) is 11.4 Å². The van der Waals surface area contributed by atoms with E-state index in [0.717, 1.165) is 26.9 Å².